The lowest BCUT2D eigenvalue weighted by atomic mass is 10.2. The number of aromatic nitrogens is 2. The second kappa shape index (κ2) is 6.25. The van der Waals surface area contributed by atoms with E-state index in [0.717, 1.165) is 16.6 Å². The van der Waals surface area contributed by atoms with Gasteiger partial charge in [0.1, 0.15) is 17.2 Å². The van der Waals surface area contributed by atoms with Crippen molar-refractivity contribution in [2.24, 2.45) is 0 Å². The third kappa shape index (κ3) is 3.26. The number of amides is 1. The number of benzene rings is 2. The third-order valence-electron chi connectivity index (χ3n) is 2.93. The highest BCUT2D eigenvalue weighted by molar-refractivity contribution is 9.10. The monoisotopic (exact) mass is 379 g/mol. The molecule has 0 aliphatic rings. The van der Waals surface area contributed by atoms with E-state index in [4.69, 9.17) is 4.42 Å². The van der Waals surface area contributed by atoms with Gasteiger partial charge in [0, 0.05) is 10.0 Å². The zero-order valence-electron chi connectivity index (χ0n) is 11.4. The lowest BCUT2D eigenvalue weighted by molar-refractivity contribution is 0.101. The van der Waals surface area contributed by atoms with Crippen molar-refractivity contribution >= 4 is 27.9 Å². The summed E-state index contributed by atoms with van der Waals surface area (Å²) in [4.78, 5) is 11.9. The van der Waals surface area contributed by atoms with Gasteiger partial charge in [-0.25, -0.2) is 8.78 Å². The van der Waals surface area contributed by atoms with E-state index in [1.165, 1.54) is 6.07 Å². The fourth-order valence-corrected chi connectivity index (χ4v) is 2.12. The molecule has 5 nitrogen and oxygen atoms in total. The van der Waals surface area contributed by atoms with Crippen molar-refractivity contribution in [3.05, 3.63) is 64.1 Å². The Labute approximate surface area is 137 Å². The van der Waals surface area contributed by atoms with E-state index in [0.29, 0.717) is 5.56 Å². The standard InChI is InChI=1S/C15H8BrF2N3O2/c16-9-6-4-8(5-7-9)14-20-21-15(23-14)19-13(22)12-10(17)2-1-3-11(12)18/h1-7H,(H,19,21,22). The van der Waals surface area contributed by atoms with Gasteiger partial charge in [0.15, 0.2) is 0 Å². The molecule has 23 heavy (non-hydrogen) atoms. The molecule has 0 aliphatic heterocycles. The van der Waals surface area contributed by atoms with Crippen LogP contribution in [0.4, 0.5) is 14.8 Å². The highest BCUT2D eigenvalue weighted by Crippen LogP contribution is 2.22. The molecule has 1 N–H and O–H groups in total. The summed E-state index contributed by atoms with van der Waals surface area (Å²) in [5, 5.41) is 9.58. The van der Waals surface area contributed by atoms with Crippen molar-refractivity contribution in [2.45, 2.75) is 0 Å². The minimum Gasteiger partial charge on any atom is -0.403 e. The van der Waals surface area contributed by atoms with E-state index >= 15 is 0 Å². The zero-order chi connectivity index (χ0) is 16.4. The predicted octanol–water partition coefficient (Wildman–Crippen LogP) is 4.03. The summed E-state index contributed by atoms with van der Waals surface area (Å²) < 4.78 is 33.2. The summed E-state index contributed by atoms with van der Waals surface area (Å²) in [6, 6.07) is 9.92. The first-order valence-corrected chi connectivity index (χ1v) is 7.18. The van der Waals surface area contributed by atoms with Crippen LogP contribution in [0.2, 0.25) is 0 Å². The van der Waals surface area contributed by atoms with E-state index in [-0.39, 0.29) is 11.9 Å². The van der Waals surface area contributed by atoms with Crippen LogP contribution in [0.25, 0.3) is 11.5 Å². The molecular weight excluding hydrogens is 372 g/mol. The number of hydrogen-bond acceptors (Lipinski definition) is 4. The van der Waals surface area contributed by atoms with Crippen LogP contribution in [0.15, 0.2) is 51.4 Å². The average molecular weight is 380 g/mol. The van der Waals surface area contributed by atoms with Gasteiger partial charge in [-0.3, -0.25) is 10.1 Å². The normalized spacial score (nSPS) is 10.6. The average Bonchev–Trinajstić information content (AvgIpc) is 2.96. The van der Waals surface area contributed by atoms with Crippen LogP contribution in [0.1, 0.15) is 10.4 Å². The molecular formula is C15H8BrF2N3O2. The van der Waals surface area contributed by atoms with Crippen molar-refractivity contribution < 1.29 is 18.0 Å². The van der Waals surface area contributed by atoms with Gasteiger partial charge in [0.2, 0.25) is 5.89 Å². The molecule has 0 aliphatic carbocycles. The Kier molecular flexibility index (Phi) is 4.16. The number of nitrogens with one attached hydrogen (secondary N) is 1. The molecule has 3 rings (SSSR count). The minimum absolute atomic E-state index is 0.168. The van der Waals surface area contributed by atoms with Crippen LogP contribution < -0.4 is 5.32 Å². The van der Waals surface area contributed by atoms with Crippen LogP contribution in [-0.4, -0.2) is 16.1 Å². The molecule has 0 saturated heterocycles. The third-order valence-corrected chi connectivity index (χ3v) is 3.46. The fourth-order valence-electron chi connectivity index (χ4n) is 1.86. The molecule has 116 valence electrons. The lowest BCUT2D eigenvalue weighted by Crippen LogP contribution is -2.16. The molecule has 0 spiro atoms. The van der Waals surface area contributed by atoms with E-state index < -0.39 is 23.1 Å². The molecule has 1 amide bonds. The molecule has 2 aromatic carbocycles. The van der Waals surface area contributed by atoms with Gasteiger partial charge >= 0.3 is 6.01 Å². The van der Waals surface area contributed by atoms with Gasteiger partial charge in [-0.15, -0.1) is 5.10 Å². The van der Waals surface area contributed by atoms with Gasteiger partial charge < -0.3 is 4.42 Å². The van der Waals surface area contributed by atoms with E-state index in [2.05, 4.69) is 31.4 Å². The Morgan fingerprint density at radius 2 is 1.70 bits per heavy atom. The van der Waals surface area contributed by atoms with Crippen molar-refractivity contribution in [3.8, 4) is 11.5 Å². The van der Waals surface area contributed by atoms with Crippen LogP contribution in [0, 0.1) is 11.6 Å². The smallest absolute Gasteiger partial charge is 0.322 e. The first-order chi connectivity index (χ1) is 11.0. The SMILES string of the molecule is O=C(Nc1nnc(-c2ccc(Br)cc2)o1)c1c(F)cccc1F. The Hall–Kier alpha value is -2.61. The van der Waals surface area contributed by atoms with E-state index in [9.17, 15) is 13.6 Å². The van der Waals surface area contributed by atoms with E-state index in [1.54, 1.807) is 24.3 Å². The van der Waals surface area contributed by atoms with E-state index in [1.807, 2.05) is 0 Å². The first kappa shape index (κ1) is 15.3. The number of anilines is 1. The maximum atomic E-state index is 13.5. The quantitative estimate of drug-likeness (QED) is 0.745. The number of halogens is 3. The number of rotatable bonds is 3. The van der Waals surface area contributed by atoms with Crippen molar-refractivity contribution in [3.63, 3.8) is 0 Å². The summed E-state index contributed by atoms with van der Waals surface area (Å²) in [6.07, 6.45) is 0. The molecule has 1 aromatic heterocycles. The maximum absolute atomic E-state index is 13.5. The Morgan fingerprint density at radius 3 is 2.35 bits per heavy atom. The summed E-state index contributed by atoms with van der Waals surface area (Å²) in [6.45, 7) is 0. The van der Waals surface area contributed by atoms with Crippen molar-refractivity contribution in [1.29, 1.82) is 0 Å². The summed E-state index contributed by atoms with van der Waals surface area (Å²) in [5.74, 6) is -2.79. The Morgan fingerprint density at radius 1 is 1.04 bits per heavy atom. The summed E-state index contributed by atoms with van der Waals surface area (Å²) in [7, 11) is 0. The number of nitrogens with zero attached hydrogens (tertiary/aromatic N) is 2. The second-order valence-corrected chi connectivity index (χ2v) is 5.39. The molecule has 0 unspecified atom stereocenters. The predicted molar refractivity (Wildman–Crippen MR) is 81.7 cm³/mol. The van der Waals surface area contributed by atoms with Crippen LogP contribution >= 0.6 is 15.9 Å². The first-order valence-electron chi connectivity index (χ1n) is 6.39. The number of carbonyl (C=O) groups is 1. The van der Waals surface area contributed by atoms with Crippen LogP contribution in [-0.2, 0) is 0 Å². The van der Waals surface area contributed by atoms with Crippen molar-refractivity contribution in [1.82, 2.24) is 10.2 Å². The highest BCUT2D eigenvalue weighted by Gasteiger charge is 2.19. The molecule has 0 atom stereocenters. The lowest BCUT2D eigenvalue weighted by Gasteiger charge is -2.03. The summed E-state index contributed by atoms with van der Waals surface area (Å²) in [5.41, 5.74) is -0.0748. The largest absolute Gasteiger partial charge is 0.403 e. The highest BCUT2D eigenvalue weighted by atomic mass is 79.9. The summed E-state index contributed by atoms with van der Waals surface area (Å²) >= 11 is 3.30. The fraction of sp³-hybridized carbons (Fsp3) is 0. The Balaban J connectivity index is 1.82. The van der Waals surface area contributed by atoms with Gasteiger partial charge in [-0.2, -0.15) is 0 Å². The molecule has 0 bridgehead atoms. The van der Waals surface area contributed by atoms with Gasteiger partial charge in [0.05, 0.1) is 0 Å². The van der Waals surface area contributed by atoms with Gasteiger partial charge in [-0.1, -0.05) is 27.1 Å². The molecule has 1 heterocycles. The zero-order valence-corrected chi connectivity index (χ0v) is 13.0. The topological polar surface area (TPSA) is 68.0 Å². The van der Waals surface area contributed by atoms with Crippen molar-refractivity contribution in [2.75, 3.05) is 5.32 Å². The number of hydrogen-bond donors (Lipinski definition) is 1. The number of carbonyl (C=O) groups excluding carboxylic acids is 1. The van der Waals surface area contributed by atoms with Crippen LogP contribution in [0.5, 0.6) is 0 Å². The van der Waals surface area contributed by atoms with Gasteiger partial charge in [0.25, 0.3) is 5.91 Å². The molecule has 3 aromatic rings. The molecule has 0 saturated carbocycles. The molecule has 0 radical (unpaired) electrons. The molecule has 0 fully saturated rings. The molecule has 8 heteroatoms. The Bertz CT molecular complexity index is 845. The minimum atomic E-state index is -1.01. The van der Waals surface area contributed by atoms with Crippen LogP contribution in [0.3, 0.4) is 0 Å². The second-order valence-electron chi connectivity index (χ2n) is 4.47. The maximum Gasteiger partial charge on any atom is 0.322 e. The van der Waals surface area contributed by atoms with Gasteiger partial charge in [-0.05, 0) is 36.4 Å².